The van der Waals surface area contributed by atoms with Gasteiger partial charge in [0.15, 0.2) is 5.16 Å². The maximum Gasteiger partial charge on any atom is 0.309 e. The first-order chi connectivity index (χ1) is 6.93. The van der Waals surface area contributed by atoms with Crippen molar-refractivity contribution in [1.29, 1.82) is 0 Å². The van der Waals surface area contributed by atoms with Crippen LogP contribution in [0.15, 0.2) is 11.5 Å². The lowest BCUT2D eigenvalue weighted by Crippen LogP contribution is -2.24. The summed E-state index contributed by atoms with van der Waals surface area (Å²) in [6.45, 7) is 3.46. The fourth-order valence-electron chi connectivity index (χ4n) is 0.921. The number of thioether (sulfide) groups is 1. The lowest BCUT2D eigenvalue weighted by molar-refractivity contribution is -0.146. The van der Waals surface area contributed by atoms with Crippen LogP contribution >= 0.6 is 11.8 Å². The molecule has 0 aliphatic rings. The van der Waals surface area contributed by atoms with Crippen molar-refractivity contribution >= 4 is 17.7 Å². The molecule has 0 aromatic carbocycles. The van der Waals surface area contributed by atoms with E-state index in [4.69, 9.17) is 5.11 Å². The molecule has 1 aromatic rings. The third kappa shape index (κ3) is 3.23. The Hall–Kier alpha value is -1.04. The van der Waals surface area contributed by atoms with Crippen molar-refractivity contribution in [2.24, 2.45) is 12.5 Å². The number of carboxylic acid groups (broad SMARTS) is 1. The Kier molecular flexibility index (Phi) is 3.73. The number of hydrogen-bond acceptors (Lipinski definition) is 4. The SMILES string of the molecule is Cn1ncnc1SCCC(C)(C)C(=O)O. The number of carboxylic acids is 1. The standard InChI is InChI=1S/C9H15N3O2S/c1-9(2,7(13)14)4-5-15-8-10-6-11-12(8)3/h6H,4-5H2,1-3H3,(H,13,14). The first kappa shape index (κ1) is 12.0. The van der Waals surface area contributed by atoms with Crippen molar-refractivity contribution < 1.29 is 9.90 Å². The smallest absolute Gasteiger partial charge is 0.309 e. The van der Waals surface area contributed by atoms with Gasteiger partial charge in [-0.05, 0) is 20.3 Å². The molecular weight excluding hydrogens is 214 g/mol. The van der Waals surface area contributed by atoms with Gasteiger partial charge in [0.25, 0.3) is 0 Å². The quantitative estimate of drug-likeness (QED) is 0.773. The number of hydrogen-bond donors (Lipinski definition) is 1. The monoisotopic (exact) mass is 229 g/mol. The largest absolute Gasteiger partial charge is 0.481 e. The van der Waals surface area contributed by atoms with Crippen LogP contribution in [0, 0.1) is 5.41 Å². The van der Waals surface area contributed by atoms with Gasteiger partial charge in [-0.3, -0.25) is 4.79 Å². The Morgan fingerprint density at radius 1 is 1.67 bits per heavy atom. The third-order valence-corrected chi connectivity index (χ3v) is 3.24. The van der Waals surface area contributed by atoms with Gasteiger partial charge >= 0.3 is 5.97 Å². The van der Waals surface area contributed by atoms with Gasteiger partial charge in [-0.15, -0.1) is 0 Å². The molecule has 0 bridgehead atoms. The van der Waals surface area contributed by atoms with E-state index in [9.17, 15) is 4.79 Å². The van der Waals surface area contributed by atoms with E-state index in [0.29, 0.717) is 6.42 Å². The summed E-state index contributed by atoms with van der Waals surface area (Å²) in [7, 11) is 1.82. The van der Waals surface area contributed by atoms with Crippen LogP contribution in [-0.4, -0.2) is 31.6 Å². The number of nitrogens with zero attached hydrogens (tertiary/aromatic N) is 3. The van der Waals surface area contributed by atoms with Gasteiger partial charge in [-0.1, -0.05) is 11.8 Å². The third-order valence-electron chi connectivity index (χ3n) is 2.21. The normalized spacial score (nSPS) is 11.7. The minimum absolute atomic E-state index is 0.611. The van der Waals surface area contributed by atoms with Crippen LogP contribution in [0.3, 0.4) is 0 Å². The average molecular weight is 229 g/mol. The van der Waals surface area contributed by atoms with Crippen LogP contribution in [0.2, 0.25) is 0 Å². The Morgan fingerprint density at radius 2 is 2.33 bits per heavy atom. The molecule has 0 atom stereocenters. The lowest BCUT2D eigenvalue weighted by atomic mass is 9.91. The molecule has 84 valence electrons. The van der Waals surface area contributed by atoms with Gasteiger partial charge in [0.2, 0.25) is 0 Å². The van der Waals surface area contributed by atoms with E-state index in [-0.39, 0.29) is 0 Å². The van der Waals surface area contributed by atoms with Crippen LogP contribution in [-0.2, 0) is 11.8 Å². The molecule has 5 nitrogen and oxygen atoms in total. The Labute approximate surface area is 92.9 Å². The summed E-state index contributed by atoms with van der Waals surface area (Å²) < 4.78 is 1.68. The van der Waals surface area contributed by atoms with Crippen molar-refractivity contribution in [3.8, 4) is 0 Å². The molecule has 1 N–H and O–H groups in total. The van der Waals surface area contributed by atoms with Crippen LogP contribution in [0.1, 0.15) is 20.3 Å². The fraction of sp³-hybridized carbons (Fsp3) is 0.667. The summed E-state index contributed by atoms with van der Waals surface area (Å²) in [6.07, 6.45) is 2.10. The predicted octanol–water partition coefficient (Wildman–Crippen LogP) is 1.41. The lowest BCUT2D eigenvalue weighted by Gasteiger charge is -2.17. The van der Waals surface area contributed by atoms with Gasteiger partial charge in [-0.25, -0.2) is 9.67 Å². The van der Waals surface area contributed by atoms with Crippen molar-refractivity contribution in [3.05, 3.63) is 6.33 Å². The zero-order valence-corrected chi connectivity index (χ0v) is 9.91. The number of aryl methyl sites for hydroxylation is 1. The maximum absolute atomic E-state index is 10.8. The van der Waals surface area contributed by atoms with E-state index >= 15 is 0 Å². The van der Waals surface area contributed by atoms with Gasteiger partial charge in [0.05, 0.1) is 5.41 Å². The molecule has 0 radical (unpaired) electrons. The zero-order valence-electron chi connectivity index (χ0n) is 9.10. The molecule has 0 unspecified atom stereocenters. The topological polar surface area (TPSA) is 68.0 Å². The summed E-state index contributed by atoms with van der Waals surface area (Å²) >= 11 is 1.52. The molecular formula is C9H15N3O2S. The maximum atomic E-state index is 10.8. The molecule has 15 heavy (non-hydrogen) atoms. The average Bonchev–Trinajstić information content (AvgIpc) is 2.51. The highest BCUT2D eigenvalue weighted by Gasteiger charge is 2.26. The second-order valence-electron chi connectivity index (χ2n) is 3.95. The van der Waals surface area contributed by atoms with Crippen LogP contribution < -0.4 is 0 Å². The van der Waals surface area contributed by atoms with Gasteiger partial charge in [0.1, 0.15) is 6.33 Å². The highest BCUT2D eigenvalue weighted by molar-refractivity contribution is 7.99. The number of carbonyl (C=O) groups is 1. The number of rotatable bonds is 5. The second kappa shape index (κ2) is 4.65. The molecule has 6 heteroatoms. The van der Waals surface area contributed by atoms with E-state index < -0.39 is 11.4 Å². The van der Waals surface area contributed by atoms with E-state index in [1.54, 1.807) is 18.5 Å². The van der Waals surface area contributed by atoms with E-state index in [2.05, 4.69) is 10.1 Å². The van der Waals surface area contributed by atoms with Crippen molar-refractivity contribution in [2.75, 3.05) is 5.75 Å². The molecule has 0 aliphatic heterocycles. The van der Waals surface area contributed by atoms with E-state index in [1.807, 2.05) is 7.05 Å². The van der Waals surface area contributed by atoms with Gasteiger partial charge in [0, 0.05) is 12.8 Å². The van der Waals surface area contributed by atoms with Gasteiger partial charge in [-0.2, -0.15) is 5.10 Å². The Balaban J connectivity index is 2.40. The molecule has 1 heterocycles. The summed E-state index contributed by atoms with van der Waals surface area (Å²) in [5.41, 5.74) is -0.675. The Morgan fingerprint density at radius 3 is 2.80 bits per heavy atom. The van der Waals surface area contributed by atoms with Crippen LogP contribution in [0.4, 0.5) is 0 Å². The van der Waals surface area contributed by atoms with Crippen molar-refractivity contribution in [3.63, 3.8) is 0 Å². The summed E-state index contributed by atoms with van der Waals surface area (Å²) in [4.78, 5) is 14.9. The van der Waals surface area contributed by atoms with Crippen LogP contribution in [0.5, 0.6) is 0 Å². The zero-order chi connectivity index (χ0) is 11.5. The summed E-state index contributed by atoms with van der Waals surface area (Å²) in [5, 5.41) is 13.7. The summed E-state index contributed by atoms with van der Waals surface area (Å²) in [5.74, 6) is -0.0349. The Bertz CT molecular complexity index is 349. The molecule has 1 rings (SSSR count). The molecule has 0 aliphatic carbocycles. The first-order valence-corrected chi connectivity index (χ1v) is 5.62. The number of aromatic nitrogens is 3. The highest BCUT2D eigenvalue weighted by atomic mass is 32.2. The molecule has 0 amide bonds. The van der Waals surface area contributed by atoms with Crippen molar-refractivity contribution in [2.45, 2.75) is 25.4 Å². The molecule has 0 saturated heterocycles. The molecule has 0 saturated carbocycles. The van der Waals surface area contributed by atoms with E-state index in [0.717, 1.165) is 10.9 Å². The molecule has 1 aromatic heterocycles. The second-order valence-corrected chi connectivity index (χ2v) is 5.02. The first-order valence-electron chi connectivity index (χ1n) is 4.63. The fourth-order valence-corrected chi connectivity index (χ4v) is 2.07. The number of aliphatic carboxylic acids is 1. The summed E-state index contributed by atoms with van der Waals surface area (Å²) in [6, 6.07) is 0. The molecule has 0 spiro atoms. The van der Waals surface area contributed by atoms with E-state index in [1.165, 1.54) is 18.1 Å². The molecule has 0 fully saturated rings. The van der Waals surface area contributed by atoms with Crippen molar-refractivity contribution in [1.82, 2.24) is 14.8 Å². The minimum Gasteiger partial charge on any atom is -0.481 e. The predicted molar refractivity (Wildman–Crippen MR) is 57.8 cm³/mol. The van der Waals surface area contributed by atoms with Gasteiger partial charge < -0.3 is 5.11 Å². The highest BCUT2D eigenvalue weighted by Crippen LogP contribution is 2.25. The minimum atomic E-state index is -0.763. The van der Waals surface area contributed by atoms with Crippen LogP contribution in [0.25, 0.3) is 0 Å².